The standard InChI is InChI=1S/C16H20N2O3/c17-13-10-5-3-7-20-15(10)14(13)18-16(19)11-8-21-12-6-2-1-4-9(11)12/h1-2,4,6,10-11,13-15H,3,5,7-8,17H2,(H,18,19). The number of nitrogens with two attached hydrogens (primary N) is 1. The minimum atomic E-state index is -0.240. The fraction of sp³-hybridized carbons (Fsp3) is 0.562. The first kappa shape index (κ1) is 13.1. The molecule has 0 radical (unpaired) electrons. The molecule has 1 aliphatic carbocycles. The summed E-state index contributed by atoms with van der Waals surface area (Å²) in [7, 11) is 0. The van der Waals surface area contributed by atoms with Crippen LogP contribution < -0.4 is 15.8 Å². The van der Waals surface area contributed by atoms with Crippen LogP contribution in [0.3, 0.4) is 0 Å². The van der Waals surface area contributed by atoms with E-state index in [0.29, 0.717) is 12.5 Å². The second-order valence-electron chi connectivity index (χ2n) is 6.15. The summed E-state index contributed by atoms with van der Waals surface area (Å²) in [5.74, 6) is 0.961. The Labute approximate surface area is 123 Å². The van der Waals surface area contributed by atoms with Crippen LogP contribution in [-0.2, 0) is 9.53 Å². The van der Waals surface area contributed by atoms with Gasteiger partial charge < -0.3 is 20.5 Å². The molecule has 1 amide bonds. The maximum absolute atomic E-state index is 12.5. The van der Waals surface area contributed by atoms with Crippen LogP contribution in [0.25, 0.3) is 0 Å². The topological polar surface area (TPSA) is 73.6 Å². The second-order valence-corrected chi connectivity index (χ2v) is 6.15. The summed E-state index contributed by atoms with van der Waals surface area (Å²) in [5, 5.41) is 3.08. The first-order valence-electron chi connectivity index (χ1n) is 7.65. The van der Waals surface area contributed by atoms with E-state index in [1.807, 2.05) is 24.3 Å². The predicted molar refractivity (Wildman–Crippen MR) is 77.0 cm³/mol. The fourth-order valence-electron chi connectivity index (χ4n) is 3.77. The van der Waals surface area contributed by atoms with Crippen LogP contribution in [0.1, 0.15) is 24.3 Å². The Morgan fingerprint density at radius 1 is 1.33 bits per heavy atom. The van der Waals surface area contributed by atoms with Crippen molar-refractivity contribution in [1.82, 2.24) is 5.32 Å². The lowest BCUT2D eigenvalue weighted by molar-refractivity contribution is -0.140. The zero-order chi connectivity index (χ0) is 14.4. The molecule has 21 heavy (non-hydrogen) atoms. The molecule has 2 heterocycles. The zero-order valence-electron chi connectivity index (χ0n) is 11.8. The Bertz CT molecular complexity index is 562. The van der Waals surface area contributed by atoms with Gasteiger partial charge in [-0.3, -0.25) is 4.79 Å². The van der Waals surface area contributed by atoms with E-state index in [9.17, 15) is 4.79 Å². The van der Waals surface area contributed by atoms with Gasteiger partial charge in [0.25, 0.3) is 0 Å². The van der Waals surface area contributed by atoms with Crippen LogP contribution in [0.15, 0.2) is 24.3 Å². The van der Waals surface area contributed by atoms with E-state index in [1.165, 1.54) is 0 Å². The number of carbonyl (C=O) groups excluding carboxylic acids is 1. The molecule has 1 aromatic carbocycles. The summed E-state index contributed by atoms with van der Waals surface area (Å²) < 4.78 is 11.3. The molecule has 0 bridgehead atoms. The van der Waals surface area contributed by atoms with Crippen LogP contribution in [-0.4, -0.2) is 37.3 Å². The van der Waals surface area contributed by atoms with Crippen LogP contribution in [0.2, 0.25) is 0 Å². The molecule has 5 unspecified atom stereocenters. The first-order valence-corrected chi connectivity index (χ1v) is 7.65. The van der Waals surface area contributed by atoms with Gasteiger partial charge in [0.05, 0.1) is 12.1 Å². The van der Waals surface area contributed by atoms with Gasteiger partial charge in [-0.05, 0) is 18.9 Å². The van der Waals surface area contributed by atoms with Gasteiger partial charge in [-0.25, -0.2) is 0 Å². The number of benzene rings is 1. The van der Waals surface area contributed by atoms with E-state index in [2.05, 4.69) is 5.32 Å². The Hall–Kier alpha value is -1.59. The van der Waals surface area contributed by atoms with E-state index in [1.54, 1.807) is 0 Å². The highest BCUT2D eigenvalue weighted by atomic mass is 16.5. The highest BCUT2D eigenvalue weighted by molar-refractivity contribution is 5.86. The van der Waals surface area contributed by atoms with Gasteiger partial charge in [0.2, 0.25) is 5.91 Å². The predicted octanol–water partition coefficient (Wildman–Crippen LogP) is 0.784. The summed E-state index contributed by atoms with van der Waals surface area (Å²) >= 11 is 0. The SMILES string of the molecule is NC1C2CCCOC2C1NC(=O)C1COc2ccccc21. The van der Waals surface area contributed by atoms with Crippen LogP contribution in [0.5, 0.6) is 5.75 Å². The molecular formula is C16H20N2O3. The Morgan fingerprint density at radius 3 is 3.10 bits per heavy atom. The highest BCUT2D eigenvalue weighted by Crippen LogP contribution is 2.38. The molecule has 1 saturated heterocycles. The highest BCUT2D eigenvalue weighted by Gasteiger charge is 2.51. The van der Waals surface area contributed by atoms with Crippen molar-refractivity contribution >= 4 is 5.91 Å². The molecule has 5 heteroatoms. The van der Waals surface area contributed by atoms with Gasteiger partial charge in [-0.15, -0.1) is 0 Å². The quantitative estimate of drug-likeness (QED) is 0.843. The van der Waals surface area contributed by atoms with Gasteiger partial charge in [0.15, 0.2) is 0 Å². The molecule has 112 valence electrons. The molecule has 2 aliphatic heterocycles. The van der Waals surface area contributed by atoms with Gasteiger partial charge in [-0.2, -0.15) is 0 Å². The molecule has 3 N–H and O–H groups in total. The zero-order valence-corrected chi connectivity index (χ0v) is 11.8. The number of ether oxygens (including phenoxy) is 2. The van der Waals surface area contributed by atoms with Crippen molar-refractivity contribution < 1.29 is 14.3 Å². The summed E-state index contributed by atoms with van der Waals surface area (Å²) in [6.45, 7) is 1.18. The molecule has 0 spiro atoms. The third-order valence-corrected chi connectivity index (χ3v) is 5.00. The van der Waals surface area contributed by atoms with Gasteiger partial charge >= 0.3 is 0 Å². The third-order valence-electron chi connectivity index (χ3n) is 5.00. The lowest BCUT2D eigenvalue weighted by Gasteiger charge is -2.52. The smallest absolute Gasteiger partial charge is 0.231 e. The fourth-order valence-corrected chi connectivity index (χ4v) is 3.77. The van der Waals surface area contributed by atoms with Crippen molar-refractivity contribution in [2.24, 2.45) is 11.7 Å². The normalized spacial score (nSPS) is 36.9. The molecular weight excluding hydrogens is 268 g/mol. The molecule has 3 aliphatic rings. The molecule has 1 saturated carbocycles. The average molecular weight is 288 g/mol. The van der Waals surface area contributed by atoms with E-state index < -0.39 is 0 Å². The number of para-hydroxylation sites is 1. The van der Waals surface area contributed by atoms with Crippen molar-refractivity contribution in [2.45, 2.75) is 36.9 Å². The number of amides is 1. The molecule has 5 nitrogen and oxygen atoms in total. The lowest BCUT2D eigenvalue weighted by Crippen LogP contribution is -2.72. The number of rotatable bonds is 2. The minimum Gasteiger partial charge on any atom is -0.492 e. The Morgan fingerprint density at radius 2 is 2.19 bits per heavy atom. The van der Waals surface area contributed by atoms with E-state index >= 15 is 0 Å². The number of hydrogen-bond donors (Lipinski definition) is 2. The van der Waals surface area contributed by atoms with Crippen LogP contribution in [0, 0.1) is 5.92 Å². The molecule has 1 aromatic rings. The third kappa shape index (κ3) is 2.03. The van der Waals surface area contributed by atoms with Crippen molar-refractivity contribution in [2.75, 3.05) is 13.2 Å². The summed E-state index contributed by atoms with van der Waals surface area (Å²) in [6, 6.07) is 7.66. The number of fused-ring (bicyclic) bond motifs is 2. The number of hydrogen-bond acceptors (Lipinski definition) is 4. The van der Waals surface area contributed by atoms with Gasteiger partial charge in [0, 0.05) is 24.1 Å². The van der Waals surface area contributed by atoms with E-state index in [4.69, 9.17) is 15.2 Å². The van der Waals surface area contributed by atoms with E-state index in [-0.39, 0.29) is 30.0 Å². The number of carbonyl (C=O) groups is 1. The Balaban J connectivity index is 1.45. The van der Waals surface area contributed by atoms with Crippen LogP contribution >= 0.6 is 0 Å². The van der Waals surface area contributed by atoms with Crippen LogP contribution in [0.4, 0.5) is 0 Å². The monoisotopic (exact) mass is 288 g/mol. The second kappa shape index (κ2) is 5.00. The van der Waals surface area contributed by atoms with Gasteiger partial charge in [0.1, 0.15) is 18.3 Å². The summed E-state index contributed by atoms with van der Waals surface area (Å²) in [6.07, 6.45) is 2.27. The molecule has 0 aromatic heterocycles. The van der Waals surface area contributed by atoms with E-state index in [0.717, 1.165) is 30.8 Å². The molecule has 5 atom stereocenters. The minimum absolute atomic E-state index is 0.00646. The maximum Gasteiger partial charge on any atom is 0.231 e. The lowest BCUT2D eigenvalue weighted by atomic mass is 9.68. The summed E-state index contributed by atoms with van der Waals surface area (Å²) in [4.78, 5) is 12.5. The number of nitrogens with one attached hydrogen (secondary N) is 1. The van der Waals surface area contributed by atoms with Crippen molar-refractivity contribution in [3.8, 4) is 5.75 Å². The Kier molecular flexibility index (Phi) is 3.12. The van der Waals surface area contributed by atoms with Crippen molar-refractivity contribution in [1.29, 1.82) is 0 Å². The largest absolute Gasteiger partial charge is 0.492 e. The van der Waals surface area contributed by atoms with Crippen molar-refractivity contribution in [3.63, 3.8) is 0 Å². The average Bonchev–Trinajstić information content (AvgIpc) is 2.96. The molecule has 2 fully saturated rings. The molecule has 4 rings (SSSR count). The summed E-state index contributed by atoms with van der Waals surface area (Å²) in [5.41, 5.74) is 7.16. The maximum atomic E-state index is 12.5. The first-order chi connectivity index (χ1) is 10.3. The van der Waals surface area contributed by atoms with Gasteiger partial charge in [-0.1, -0.05) is 18.2 Å². The van der Waals surface area contributed by atoms with Crippen molar-refractivity contribution in [3.05, 3.63) is 29.8 Å².